The quantitative estimate of drug-likeness (QED) is 0.864. The summed E-state index contributed by atoms with van der Waals surface area (Å²) in [4.78, 5) is 0. The van der Waals surface area contributed by atoms with Gasteiger partial charge in [0.15, 0.2) is 0 Å². The fraction of sp³-hybridized carbons (Fsp3) is 0.231. The molecule has 1 aromatic heterocycles. The number of rotatable bonds is 4. The Labute approximate surface area is 129 Å². The normalized spacial score (nSPS) is 15.3. The number of halogens is 2. The van der Waals surface area contributed by atoms with Crippen molar-refractivity contribution in [3.63, 3.8) is 0 Å². The van der Waals surface area contributed by atoms with Gasteiger partial charge in [0.2, 0.25) is 0 Å². The standard InChI is InChI=1S/C13H11BrFNO2S2/c14-12-10(15)2-1-3-11(12)16-20(17,18)13-9(6-7-19-13)8-4-5-8/h1-3,6-8,16H,4-5H2. The predicted octanol–water partition coefficient (Wildman–Crippen LogP) is 4.33. The smallest absolute Gasteiger partial charge is 0.271 e. The van der Waals surface area contributed by atoms with E-state index >= 15 is 0 Å². The van der Waals surface area contributed by atoms with Crippen molar-refractivity contribution in [1.29, 1.82) is 0 Å². The first-order valence-electron chi connectivity index (χ1n) is 6.03. The van der Waals surface area contributed by atoms with Crippen LogP contribution in [-0.2, 0) is 10.0 Å². The van der Waals surface area contributed by atoms with Gasteiger partial charge in [-0.05, 0) is 63.8 Å². The maximum Gasteiger partial charge on any atom is 0.271 e. The summed E-state index contributed by atoms with van der Waals surface area (Å²) in [6.45, 7) is 0. The Morgan fingerprint density at radius 2 is 2.05 bits per heavy atom. The van der Waals surface area contributed by atoms with Crippen LogP contribution in [0.4, 0.5) is 10.1 Å². The van der Waals surface area contributed by atoms with Crippen LogP contribution in [0.25, 0.3) is 0 Å². The third-order valence-electron chi connectivity index (χ3n) is 3.12. The summed E-state index contributed by atoms with van der Waals surface area (Å²) in [5.41, 5.74) is 1.08. The number of thiophene rings is 1. The molecule has 1 aliphatic carbocycles. The summed E-state index contributed by atoms with van der Waals surface area (Å²) in [5.74, 6) is -0.150. The fourth-order valence-electron chi connectivity index (χ4n) is 1.99. The van der Waals surface area contributed by atoms with E-state index in [1.807, 2.05) is 6.07 Å². The van der Waals surface area contributed by atoms with Gasteiger partial charge in [0.25, 0.3) is 10.0 Å². The van der Waals surface area contributed by atoms with Crippen molar-refractivity contribution in [3.8, 4) is 0 Å². The van der Waals surface area contributed by atoms with E-state index in [1.165, 1.54) is 29.5 Å². The Morgan fingerprint density at radius 3 is 2.75 bits per heavy atom. The monoisotopic (exact) mass is 375 g/mol. The third-order valence-corrected chi connectivity index (χ3v) is 6.80. The maximum atomic E-state index is 13.4. The molecule has 1 aliphatic rings. The zero-order valence-electron chi connectivity index (χ0n) is 10.3. The Morgan fingerprint density at radius 1 is 1.30 bits per heavy atom. The van der Waals surface area contributed by atoms with Crippen LogP contribution in [0, 0.1) is 5.82 Å². The summed E-state index contributed by atoms with van der Waals surface area (Å²) >= 11 is 4.25. The average Bonchev–Trinajstić information content (AvgIpc) is 3.11. The lowest BCUT2D eigenvalue weighted by atomic mass is 10.2. The van der Waals surface area contributed by atoms with Crippen molar-refractivity contribution in [3.05, 3.63) is 45.5 Å². The molecule has 0 aliphatic heterocycles. The van der Waals surface area contributed by atoms with Crippen LogP contribution >= 0.6 is 27.3 Å². The van der Waals surface area contributed by atoms with Crippen molar-refractivity contribution in [1.82, 2.24) is 0 Å². The lowest BCUT2D eigenvalue weighted by molar-refractivity contribution is 0.602. The Bertz CT molecular complexity index is 753. The third kappa shape index (κ3) is 2.62. The second kappa shape index (κ2) is 5.13. The Hall–Kier alpha value is -0.920. The molecule has 1 heterocycles. The zero-order valence-corrected chi connectivity index (χ0v) is 13.5. The van der Waals surface area contributed by atoms with E-state index in [2.05, 4.69) is 20.7 Å². The summed E-state index contributed by atoms with van der Waals surface area (Å²) in [5, 5.41) is 1.78. The van der Waals surface area contributed by atoms with Crippen molar-refractivity contribution in [2.24, 2.45) is 0 Å². The van der Waals surface area contributed by atoms with Gasteiger partial charge in [0, 0.05) is 0 Å². The van der Waals surface area contributed by atoms with Gasteiger partial charge >= 0.3 is 0 Å². The van der Waals surface area contributed by atoms with Gasteiger partial charge in [0.1, 0.15) is 10.0 Å². The number of sulfonamides is 1. The highest BCUT2D eigenvalue weighted by atomic mass is 79.9. The van der Waals surface area contributed by atoms with Crippen LogP contribution in [0.3, 0.4) is 0 Å². The molecule has 1 aromatic carbocycles. The van der Waals surface area contributed by atoms with Gasteiger partial charge in [-0.1, -0.05) is 6.07 Å². The van der Waals surface area contributed by atoms with Gasteiger partial charge in [0.05, 0.1) is 10.2 Å². The molecule has 3 rings (SSSR count). The van der Waals surface area contributed by atoms with Gasteiger partial charge in [-0.25, -0.2) is 12.8 Å². The summed E-state index contributed by atoms with van der Waals surface area (Å²) in [7, 11) is -3.67. The number of hydrogen-bond acceptors (Lipinski definition) is 3. The SMILES string of the molecule is O=S(=O)(Nc1cccc(F)c1Br)c1sccc1C1CC1. The molecule has 0 spiro atoms. The molecule has 0 amide bonds. The van der Waals surface area contributed by atoms with Crippen LogP contribution in [0.1, 0.15) is 24.3 Å². The minimum Gasteiger partial charge on any atom is -0.278 e. The van der Waals surface area contributed by atoms with E-state index < -0.39 is 15.8 Å². The molecule has 7 heteroatoms. The highest BCUT2D eigenvalue weighted by molar-refractivity contribution is 9.10. The largest absolute Gasteiger partial charge is 0.278 e. The van der Waals surface area contributed by atoms with Crippen molar-refractivity contribution in [2.45, 2.75) is 23.0 Å². The van der Waals surface area contributed by atoms with Crippen LogP contribution in [-0.4, -0.2) is 8.42 Å². The molecule has 1 N–H and O–H groups in total. The minimum absolute atomic E-state index is 0.119. The molecular formula is C13H11BrFNO2S2. The maximum absolute atomic E-state index is 13.4. The zero-order chi connectivity index (χ0) is 14.3. The van der Waals surface area contributed by atoms with Gasteiger partial charge in [-0.2, -0.15) is 0 Å². The van der Waals surface area contributed by atoms with E-state index in [9.17, 15) is 12.8 Å². The molecule has 0 radical (unpaired) electrons. The molecule has 0 saturated heterocycles. The highest BCUT2D eigenvalue weighted by Gasteiger charge is 2.31. The second-order valence-corrected chi connectivity index (χ2v) is 8.23. The highest BCUT2D eigenvalue weighted by Crippen LogP contribution is 2.45. The van der Waals surface area contributed by atoms with Crippen LogP contribution < -0.4 is 4.72 Å². The molecule has 3 nitrogen and oxygen atoms in total. The number of nitrogens with one attached hydrogen (secondary N) is 1. The Balaban J connectivity index is 1.96. The summed E-state index contributed by atoms with van der Waals surface area (Å²) in [6.07, 6.45) is 2.06. The molecule has 0 atom stereocenters. The van der Waals surface area contributed by atoms with Crippen molar-refractivity contribution in [2.75, 3.05) is 4.72 Å². The molecule has 106 valence electrons. The lowest BCUT2D eigenvalue weighted by Crippen LogP contribution is -2.13. The molecule has 20 heavy (non-hydrogen) atoms. The number of anilines is 1. The van der Waals surface area contributed by atoms with Crippen molar-refractivity contribution >= 4 is 43.0 Å². The molecular weight excluding hydrogens is 365 g/mol. The average molecular weight is 376 g/mol. The first-order valence-corrected chi connectivity index (χ1v) is 9.19. The van der Waals surface area contributed by atoms with Crippen LogP contribution in [0.5, 0.6) is 0 Å². The van der Waals surface area contributed by atoms with E-state index in [1.54, 1.807) is 5.38 Å². The molecule has 0 unspecified atom stereocenters. The first kappa shape index (κ1) is 14.0. The second-order valence-electron chi connectivity index (χ2n) is 4.64. The van der Waals surface area contributed by atoms with E-state index in [0.29, 0.717) is 10.1 Å². The molecule has 1 saturated carbocycles. The molecule has 2 aromatic rings. The summed E-state index contributed by atoms with van der Waals surface area (Å²) < 4.78 is 41.2. The van der Waals surface area contributed by atoms with Crippen LogP contribution in [0.15, 0.2) is 38.3 Å². The topological polar surface area (TPSA) is 46.2 Å². The van der Waals surface area contributed by atoms with Crippen LogP contribution in [0.2, 0.25) is 0 Å². The fourth-order valence-corrected chi connectivity index (χ4v) is 5.09. The van der Waals surface area contributed by atoms with E-state index in [4.69, 9.17) is 0 Å². The van der Waals surface area contributed by atoms with E-state index in [0.717, 1.165) is 18.4 Å². The number of benzene rings is 1. The Kier molecular flexibility index (Phi) is 3.60. The lowest BCUT2D eigenvalue weighted by Gasteiger charge is -2.10. The summed E-state index contributed by atoms with van der Waals surface area (Å²) in [6, 6.07) is 6.11. The van der Waals surface area contributed by atoms with Crippen molar-refractivity contribution < 1.29 is 12.8 Å². The molecule has 0 bridgehead atoms. The van der Waals surface area contributed by atoms with Gasteiger partial charge < -0.3 is 0 Å². The van der Waals surface area contributed by atoms with Gasteiger partial charge in [-0.3, -0.25) is 4.72 Å². The predicted molar refractivity (Wildman–Crippen MR) is 81.2 cm³/mol. The number of hydrogen-bond donors (Lipinski definition) is 1. The van der Waals surface area contributed by atoms with Gasteiger partial charge in [-0.15, -0.1) is 11.3 Å². The first-order chi connectivity index (χ1) is 9.49. The van der Waals surface area contributed by atoms with E-state index in [-0.39, 0.29) is 10.2 Å². The minimum atomic E-state index is -3.67. The molecule has 1 fully saturated rings.